The van der Waals surface area contributed by atoms with Crippen molar-refractivity contribution in [2.45, 2.75) is 52.1 Å². The van der Waals surface area contributed by atoms with Crippen LogP contribution < -0.4 is 5.73 Å². The average Bonchev–Trinajstić information content (AvgIpc) is 2.44. The van der Waals surface area contributed by atoms with E-state index in [0.717, 1.165) is 17.2 Å². The summed E-state index contributed by atoms with van der Waals surface area (Å²) in [6, 6.07) is 0. The number of aromatic nitrogens is 1. The maximum atomic E-state index is 6.26. The second-order valence-electron chi connectivity index (χ2n) is 6.49. The van der Waals surface area contributed by atoms with Gasteiger partial charge >= 0.3 is 0 Å². The molecule has 17 heavy (non-hydrogen) atoms. The predicted molar refractivity (Wildman–Crippen MR) is 75.4 cm³/mol. The zero-order chi connectivity index (χ0) is 13.4. The quantitative estimate of drug-likeness (QED) is 0.903. The highest BCUT2D eigenvalue weighted by Gasteiger charge is 2.30. The van der Waals surface area contributed by atoms with Gasteiger partial charge < -0.3 is 10.6 Å². The normalized spacial score (nSPS) is 13.5. The lowest BCUT2D eigenvalue weighted by molar-refractivity contribution is 0.400. The number of nitrogens with two attached hydrogens (primary N) is 1. The number of nitrogens with zero attached hydrogens (tertiary/aromatic N) is 2. The van der Waals surface area contributed by atoms with Crippen LogP contribution in [0.25, 0.3) is 0 Å². The topological polar surface area (TPSA) is 42.2 Å². The van der Waals surface area contributed by atoms with Gasteiger partial charge in [-0.1, -0.05) is 20.8 Å². The summed E-state index contributed by atoms with van der Waals surface area (Å²) in [5.74, 6) is 0. The molecule has 3 nitrogen and oxygen atoms in total. The highest BCUT2D eigenvalue weighted by atomic mass is 32.1. The third-order valence-corrected chi connectivity index (χ3v) is 3.80. The van der Waals surface area contributed by atoms with Crippen molar-refractivity contribution in [2.75, 3.05) is 14.1 Å². The molecular weight excluding hydrogens is 230 g/mol. The fraction of sp³-hybridized carbons (Fsp3) is 0.769. The van der Waals surface area contributed by atoms with Crippen LogP contribution in [-0.4, -0.2) is 24.0 Å². The van der Waals surface area contributed by atoms with E-state index in [-0.39, 0.29) is 11.0 Å². The highest BCUT2D eigenvalue weighted by molar-refractivity contribution is 7.11. The number of thiazole rings is 1. The first-order valence-corrected chi connectivity index (χ1v) is 6.77. The maximum Gasteiger partial charge on any atom is 0.107 e. The summed E-state index contributed by atoms with van der Waals surface area (Å²) in [5.41, 5.74) is 7.13. The molecule has 1 rings (SSSR count). The molecule has 0 radical (unpaired) electrons. The molecule has 2 N–H and O–H groups in total. The lowest BCUT2D eigenvalue weighted by Crippen LogP contribution is -2.31. The van der Waals surface area contributed by atoms with Crippen LogP contribution in [0.1, 0.15) is 50.2 Å². The fourth-order valence-corrected chi connectivity index (χ4v) is 3.05. The standard InChI is InChI=1S/C13H25N3S/c1-12(2,3)10-11(13(4,5)14)17-9(15-10)8-16(6)7/h8,14H2,1-7H3. The predicted octanol–water partition coefficient (Wildman–Crippen LogP) is 2.70. The fourth-order valence-electron chi connectivity index (χ4n) is 1.65. The summed E-state index contributed by atoms with van der Waals surface area (Å²) >= 11 is 1.74. The Morgan fingerprint density at radius 1 is 1.18 bits per heavy atom. The molecule has 0 saturated carbocycles. The third-order valence-electron chi connectivity index (χ3n) is 2.42. The molecule has 0 fully saturated rings. The number of hydrogen-bond acceptors (Lipinski definition) is 4. The van der Waals surface area contributed by atoms with Crippen LogP contribution in [0, 0.1) is 0 Å². The van der Waals surface area contributed by atoms with Crippen molar-refractivity contribution < 1.29 is 0 Å². The number of rotatable bonds is 3. The molecule has 0 aromatic carbocycles. The second kappa shape index (κ2) is 4.67. The lowest BCUT2D eigenvalue weighted by atomic mass is 9.87. The van der Waals surface area contributed by atoms with E-state index in [1.807, 2.05) is 0 Å². The van der Waals surface area contributed by atoms with Gasteiger partial charge in [-0.05, 0) is 27.9 Å². The van der Waals surface area contributed by atoms with Crippen LogP contribution in [0.15, 0.2) is 0 Å². The van der Waals surface area contributed by atoms with Gasteiger partial charge in [-0.3, -0.25) is 0 Å². The molecule has 1 aromatic heterocycles. The molecule has 0 atom stereocenters. The van der Waals surface area contributed by atoms with Gasteiger partial charge in [0.15, 0.2) is 0 Å². The van der Waals surface area contributed by atoms with Crippen molar-refractivity contribution in [3.05, 3.63) is 15.6 Å². The molecule has 0 bridgehead atoms. The summed E-state index contributed by atoms with van der Waals surface area (Å²) in [4.78, 5) is 8.13. The maximum absolute atomic E-state index is 6.26. The average molecular weight is 255 g/mol. The molecule has 0 spiro atoms. The molecular formula is C13H25N3S. The van der Waals surface area contributed by atoms with E-state index in [2.05, 4.69) is 53.6 Å². The van der Waals surface area contributed by atoms with Gasteiger partial charge in [0.25, 0.3) is 0 Å². The van der Waals surface area contributed by atoms with E-state index in [1.54, 1.807) is 11.3 Å². The van der Waals surface area contributed by atoms with E-state index >= 15 is 0 Å². The number of hydrogen-bond donors (Lipinski definition) is 1. The second-order valence-corrected chi connectivity index (χ2v) is 7.58. The zero-order valence-electron chi connectivity index (χ0n) is 12.1. The Kier molecular flexibility index (Phi) is 4.01. The van der Waals surface area contributed by atoms with Crippen molar-refractivity contribution in [3.63, 3.8) is 0 Å². The Bertz CT molecular complexity index is 349. The summed E-state index contributed by atoms with van der Waals surface area (Å²) in [6.45, 7) is 11.6. The first kappa shape index (κ1) is 14.6. The molecule has 1 heterocycles. The van der Waals surface area contributed by atoms with Crippen LogP contribution in [0.5, 0.6) is 0 Å². The Balaban J connectivity index is 3.23. The molecule has 1 aromatic rings. The summed E-state index contributed by atoms with van der Waals surface area (Å²) in [7, 11) is 4.12. The first-order valence-electron chi connectivity index (χ1n) is 5.96. The Morgan fingerprint density at radius 2 is 1.71 bits per heavy atom. The third kappa shape index (κ3) is 3.76. The molecule has 0 amide bonds. The summed E-state index contributed by atoms with van der Waals surface area (Å²) in [5, 5.41) is 1.15. The molecule has 0 aliphatic carbocycles. The molecule has 0 aliphatic rings. The minimum absolute atomic E-state index is 0.0486. The smallest absolute Gasteiger partial charge is 0.107 e. The monoisotopic (exact) mass is 255 g/mol. The largest absolute Gasteiger partial charge is 0.321 e. The Hall–Kier alpha value is -0.450. The minimum atomic E-state index is -0.315. The Labute approximate surface area is 109 Å². The van der Waals surface area contributed by atoms with E-state index in [9.17, 15) is 0 Å². The van der Waals surface area contributed by atoms with E-state index in [0.29, 0.717) is 0 Å². The van der Waals surface area contributed by atoms with Crippen LogP contribution >= 0.6 is 11.3 Å². The molecule has 0 aliphatic heterocycles. The van der Waals surface area contributed by atoms with Gasteiger partial charge in [0.05, 0.1) is 5.69 Å². The van der Waals surface area contributed by atoms with Gasteiger partial charge in [-0.2, -0.15) is 0 Å². The van der Waals surface area contributed by atoms with Crippen LogP contribution in [0.2, 0.25) is 0 Å². The summed E-state index contributed by atoms with van der Waals surface area (Å²) in [6.07, 6.45) is 0. The lowest BCUT2D eigenvalue weighted by Gasteiger charge is -2.24. The van der Waals surface area contributed by atoms with Gasteiger partial charge in [-0.15, -0.1) is 11.3 Å². The van der Waals surface area contributed by atoms with Crippen LogP contribution in [0.4, 0.5) is 0 Å². The van der Waals surface area contributed by atoms with Crippen molar-refractivity contribution in [1.82, 2.24) is 9.88 Å². The van der Waals surface area contributed by atoms with Crippen molar-refractivity contribution in [2.24, 2.45) is 5.73 Å². The van der Waals surface area contributed by atoms with Crippen LogP contribution in [-0.2, 0) is 17.5 Å². The van der Waals surface area contributed by atoms with Crippen molar-refractivity contribution >= 4 is 11.3 Å². The van der Waals surface area contributed by atoms with Gasteiger partial charge in [0.2, 0.25) is 0 Å². The van der Waals surface area contributed by atoms with E-state index < -0.39 is 0 Å². The molecule has 0 saturated heterocycles. The first-order chi connectivity index (χ1) is 7.51. The van der Waals surface area contributed by atoms with Gasteiger partial charge in [-0.25, -0.2) is 4.98 Å². The summed E-state index contributed by atoms with van der Waals surface area (Å²) < 4.78 is 0. The van der Waals surface area contributed by atoms with Crippen LogP contribution in [0.3, 0.4) is 0 Å². The van der Waals surface area contributed by atoms with E-state index in [4.69, 9.17) is 10.7 Å². The van der Waals surface area contributed by atoms with Crippen molar-refractivity contribution in [1.29, 1.82) is 0 Å². The minimum Gasteiger partial charge on any atom is -0.321 e. The molecule has 0 unspecified atom stereocenters. The zero-order valence-corrected chi connectivity index (χ0v) is 12.9. The SMILES string of the molecule is CN(C)Cc1nc(C(C)(C)C)c(C(C)(C)N)s1. The van der Waals surface area contributed by atoms with E-state index in [1.165, 1.54) is 4.88 Å². The molecule has 4 heteroatoms. The molecule has 98 valence electrons. The highest BCUT2D eigenvalue weighted by Crippen LogP contribution is 2.35. The van der Waals surface area contributed by atoms with Crippen molar-refractivity contribution in [3.8, 4) is 0 Å². The van der Waals surface area contributed by atoms with Gasteiger partial charge in [0.1, 0.15) is 5.01 Å². The van der Waals surface area contributed by atoms with Gasteiger partial charge in [0, 0.05) is 22.4 Å². The Morgan fingerprint density at radius 3 is 2.00 bits per heavy atom.